The number of thiophene rings is 1. The molecule has 0 aliphatic heterocycles. The zero-order valence-electron chi connectivity index (χ0n) is 18.8. The maximum absolute atomic E-state index is 12.8. The number of amides is 3. The summed E-state index contributed by atoms with van der Waals surface area (Å²) in [7, 11) is 0. The maximum Gasteiger partial charge on any atom is 0.265 e. The number of hydrogen-bond donors (Lipinski definition) is 3. The smallest absolute Gasteiger partial charge is 0.265 e. The predicted molar refractivity (Wildman–Crippen MR) is 139 cm³/mol. The number of nitrogens with one attached hydrogen (secondary N) is 2. The molecule has 0 spiro atoms. The van der Waals surface area contributed by atoms with Crippen molar-refractivity contribution in [1.29, 1.82) is 0 Å². The van der Waals surface area contributed by atoms with Crippen LogP contribution in [0.2, 0.25) is 10.0 Å². The van der Waals surface area contributed by atoms with E-state index in [4.69, 9.17) is 33.7 Å². The van der Waals surface area contributed by atoms with Gasteiger partial charge in [-0.1, -0.05) is 23.2 Å². The van der Waals surface area contributed by atoms with Gasteiger partial charge in [-0.15, -0.1) is 11.3 Å². The Balaban J connectivity index is 1.40. The second-order valence-electron chi connectivity index (χ2n) is 8.13. The van der Waals surface area contributed by atoms with E-state index in [9.17, 15) is 14.4 Å². The van der Waals surface area contributed by atoms with Crippen molar-refractivity contribution in [3.8, 4) is 5.75 Å². The minimum absolute atomic E-state index is 0.358. The molecule has 0 unspecified atom stereocenters. The number of benzene rings is 2. The first-order chi connectivity index (χ1) is 16.7. The molecule has 182 valence electrons. The molecule has 4 N–H and O–H groups in total. The Bertz CT molecular complexity index is 1290. The van der Waals surface area contributed by atoms with Crippen LogP contribution in [0, 0.1) is 0 Å². The highest BCUT2D eigenvalue weighted by molar-refractivity contribution is 7.17. The van der Waals surface area contributed by atoms with Gasteiger partial charge in [-0.05, 0) is 80.6 Å². The lowest BCUT2D eigenvalue weighted by molar-refractivity contribution is -0.122. The van der Waals surface area contributed by atoms with Gasteiger partial charge in [0.25, 0.3) is 17.7 Å². The molecule has 0 bridgehead atoms. The van der Waals surface area contributed by atoms with Gasteiger partial charge in [0.2, 0.25) is 0 Å². The van der Waals surface area contributed by atoms with E-state index in [-0.39, 0.29) is 5.91 Å². The van der Waals surface area contributed by atoms with Gasteiger partial charge in [0, 0.05) is 15.5 Å². The second-order valence-corrected chi connectivity index (χ2v) is 10.1. The first-order valence-corrected chi connectivity index (χ1v) is 12.6. The molecule has 0 saturated carbocycles. The molecule has 1 aliphatic carbocycles. The molecule has 7 nitrogen and oxygen atoms in total. The number of halogens is 2. The van der Waals surface area contributed by atoms with E-state index >= 15 is 0 Å². The normalized spacial score (nSPS) is 13.5. The van der Waals surface area contributed by atoms with Crippen molar-refractivity contribution in [1.82, 2.24) is 0 Å². The molecule has 35 heavy (non-hydrogen) atoms. The Morgan fingerprint density at radius 2 is 1.74 bits per heavy atom. The number of carbonyl (C=O) groups excluding carboxylic acids is 3. The third-order valence-corrected chi connectivity index (χ3v) is 7.40. The fraction of sp³-hybridized carbons (Fsp3) is 0.240. The van der Waals surface area contributed by atoms with Crippen molar-refractivity contribution in [2.24, 2.45) is 5.73 Å². The van der Waals surface area contributed by atoms with E-state index in [0.29, 0.717) is 37.6 Å². The van der Waals surface area contributed by atoms with E-state index in [1.807, 2.05) is 0 Å². The summed E-state index contributed by atoms with van der Waals surface area (Å²) in [4.78, 5) is 38.5. The third-order valence-electron chi connectivity index (χ3n) is 5.63. The summed E-state index contributed by atoms with van der Waals surface area (Å²) in [6.07, 6.45) is 2.91. The Morgan fingerprint density at radius 3 is 2.46 bits per heavy atom. The Morgan fingerprint density at radius 1 is 1.03 bits per heavy atom. The number of rotatable bonds is 7. The average molecular weight is 532 g/mol. The first-order valence-electron chi connectivity index (χ1n) is 11.0. The van der Waals surface area contributed by atoms with Crippen molar-refractivity contribution in [2.45, 2.75) is 38.7 Å². The zero-order valence-corrected chi connectivity index (χ0v) is 21.2. The number of aryl methyl sites for hydroxylation is 1. The van der Waals surface area contributed by atoms with Gasteiger partial charge in [0.05, 0.1) is 16.3 Å². The number of primary amides is 1. The van der Waals surface area contributed by atoms with Crippen molar-refractivity contribution in [2.75, 3.05) is 10.6 Å². The second kappa shape index (κ2) is 10.7. The van der Waals surface area contributed by atoms with Gasteiger partial charge >= 0.3 is 0 Å². The van der Waals surface area contributed by atoms with Crippen LogP contribution in [-0.2, 0) is 17.6 Å². The fourth-order valence-corrected chi connectivity index (χ4v) is 5.49. The Hall–Kier alpha value is -3.07. The molecular formula is C25H23Cl2N3O4S. The van der Waals surface area contributed by atoms with Crippen LogP contribution in [0.3, 0.4) is 0 Å². The molecule has 2 aromatic carbocycles. The molecule has 3 aromatic rings. The van der Waals surface area contributed by atoms with Crippen LogP contribution in [-0.4, -0.2) is 23.8 Å². The van der Waals surface area contributed by atoms with Crippen molar-refractivity contribution < 1.29 is 19.1 Å². The van der Waals surface area contributed by atoms with Crippen LogP contribution in [0.1, 0.15) is 50.9 Å². The van der Waals surface area contributed by atoms with Crippen molar-refractivity contribution >= 4 is 62.9 Å². The highest BCUT2D eigenvalue weighted by atomic mass is 35.5. The van der Waals surface area contributed by atoms with Crippen LogP contribution in [0.5, 0.6) is 5.75 Å². The quantitative estimate of drug-likeness (QED) is 0.363. The largest absolute Gasteiger partial charge is 0.481 e. The molecule has 1 atom stereocenters. The van der Waals surface area contributed by atoms with Crippen LogP contribution in [0.15, 0.2) is 42.5 Å². The summed E-state index contributed by atoms with van der Waals surface area (Å²) < 4.78 is 5.70. The van der Waals surface area contributed by atoms with Crippen LogP contribution >= 0.6 is 34.5 Å². The summed E-state index contributed by atoms with van der Waals surface area (Å²) >= 11 is 13.5. The van der Waals surface area contributed by atoms with Gasteiger partial charge in [0.1, 0.15) is 10.8 Å². The summed E-state index contributed by atoms with van der Waals surface area (Å²) in [5.41, 5.74) is 7.74. The molecule has 4 rings (SSSR count). The fourth-order valence-electron chi connectivity index (χ4n) is 3.86. The Kier molecular flexibility index (Phi) is 7.64. The molecule has 1 aromatic heterocycles. The number of fused-ring (bicyclic) bond motifs is 1. The zero-order chi connectivity index (χ0) is 25.1. The highest BCUT2D eigenvalue weighted by Gasteiger charge is 2.25. The molecule has 0 fully saturated rings. The van der Waals surface area contributed by atoms with Crippen LogP contribution in [0.4, 0.5) is 10.7 Å². The first kappa shape index (κ1) is 25.0. The number of carbonyl (C=O) groups is 3. The molecule has 10 heteroatoms. The summed E-state index contributed by atoms with van der Waals surface area (Å²) in [5, 5.41) is 6.80. The van der Waals surface area contributed by atoms with Crippen molar-refractivity contribution in [3.05, 3.63) is 74.1 Å². The van der Waals surface area contributed by atoms with Gasteiger partial charge < -0.3 is 21.1 Å². The average Bonchev–Trinajstić information content (AvgIpc) is 3.19. The lowest BCUT2D eigenvalue weighted by Gasteiger charge is -2.16. The highest BCUT2D eigenvalue weighted by Crippen LogP contribution is 2.38. The Labute approximate surface area is 216 Å². The molecule has 1 heterocycles. The maximum atomic E-state index is 12.8. The topological polar surface area (TPSA) is 111 Å². The van der Waals surface area contributed by atoms with Gasteiger partial charge in [-0.25, -0.2) is 0 Å². The number of anilines is 2. The minimum Gasteiger partial charge on any atom is -0.481 e. The number of ether oxygens (including phenoxy) is 1. The van der Waals surface area contributed by atoms with Gasteiger partial charge in [-0.2, -0.15) is 0 Å². The molecule has 3 amide bonds. The van der Waals surface area contributed by atoms with Crippen LogP contribution in [0.25, 0.3) is 0 Å². The van der Waals surface area contributed by atoms with E-state index in [1.165, 1.54) is 11.3 Å². The standard InChI is InChI=1S/C25H23Cl2N3O4S/c1-13(23(32)29-19-12-15(26)8-11-18(19)27)34-16-9-6-14(7-10-16)24(33)30-25-21(22(28)31)17-4-2-3-5-20(17)35-25/h6-13H,2-5H2,1H3,(H2,28,31)(H,29,32)(H,30,33)/t13-/m1/s1. The summed E-state index contributed by atoms with van der Waals surface area (Å²) in [6, 6.07) is 11.1. The molecule has 0 saturated heterocycles. The SMILES string of the molecule is C[C@@H](Oc1ccc(C(=O)Nc2sc3c(c2C(N)=O)CCCC3)cc1)C(=O)Nc1cc(Cl)ccc1Cl. The minimum atomic E-state index is -0.833. The number of nitrogens with two attached hydrogens (primary N) is 1. The third kappa shape index (κ3) is 5.78. The van der Waals surface area contributed by atoms with E-state index < -0.39 is 17.9 Å². The molecule has 0 radical (unpaired) electrons. The monoisotopic (exact) mass is 531 g/mol. The molecular weight excluding hydrogens is 509 g/mol. The van der Waals surface area contributed by atoms with Gasteiger partial charge in [0.15, 0.2) is 6.10 Å². The van der Waals surface area contributed by atoms with E-state index in [2.05, 4.69) is 10.6 Å². The predicted octanol–water partition coefficient (Wildman–Crippen LogP) is 5.69. The van der Waals surface area contributed by atoms with Gasteiger partial charge in [-0.3, -0.25) is 14.4 Å². The molecule has 1 aliphatic rings. The lowest BCUT2D eigenvalue weighted by Crippen LogP contribution is -2.30. The van der Waals surface area contributed by atoms with E-state index in [1.54, 1.807) is 49.4 Å². The van der Waals surface area contributed by atoms with Crippen molar-refractivity contribution in [3.63, 3.8) is 0 Å². The van der Waals surface area contributed by atoms with Crippen LogP contribution < -0.4 is 21.1 Å². The summed E-state index contributed by atoms with van der Waals surface area (Å²) in [6.45, 7) is 1.60. The summed E-state index contributed by atoms with van der Waals surface area (Å²) in [5.74, 6) is -0.892. The lowest BCUT2D eigenvalue weighted by atomic mass is 9.95. The number of hydrogen-bond acceptors (Lipinski definition) is 5. The van der Waals surface area contributed by atoms with E-state index in [0.717, 1.165) is 36.1 Å².